The quantitative estimate of drug-likeness (QED) is 0.102. The van der Waals surface area contributed by atoms with Gasteiger partial charge in [-0.25, -0.2) is 4.68 Å². The summed E-state index contributed by atoms with van der Waals surface area (Å²) < 4.78 is 50.7. The third-order valence-electron chi connectivity index (χ3n) is 5.94. The van der Waals surface area contributed by atoms with Gasteiger partial charge in [0.05, 0.1) is 133 Å². The van der Waals surface area contributed by atoms with E-state index >= 15 is 0 Å². The molecule has 0 saturated heterocycles. The van der Waals surface area contributed by atoms with Crippen LogP contribution in [0.2, 0.25) is 0 Å². The van der Waals surface area contributed by atoms with Gasteiger partial charge in [0.15, 0.2) is 0 Å². The van der Waals surface area contributed by atoms with Crippen LogP contribution in [0.1, 0.15) is 16.8 Å². The third-order valence-corrected chi connectivity index (χ3v) is 5.94. The van der Waals surface area contributed by atoms with E-state index in [1.54, 1.807) is 11.8 Å². The van der Waals surface area contributed by atoms with Crippen molar-refractivity contribution in [1.29, 1.82) is 0 Å². The molecule has 14 heteroatoms. The maximum Gasteiger partial charge on any atom is 0.108 e. The topological polar surface area (TPSA) is 126 Å². The number of ether oxygens (including phenoxy) is 9. The van der Waals surface area contributed by atoms with Crippen molar-refractivity contribution in [1.82, 2.24) is 15.0 Å². The predicted octanol–water partition coefficient (Wildman–Crippen LogP) is 1.47. The van der Waals surface area contributed by atoms with Gasteiger partial charge in [-0.3, -0.25) is 0 Å². The van der Waals surface area contributed by atoms with Crippen LogP contribution in [0.5, 0.6) is 0 Å². The summed E-state index contributed by atoms with van der Waals surface area (Å²) in [5.74, 6) is 0. The summed E-state index contributed by atoms with van der Waals surface area (Å²) >= 11 is 0. The molecule has 0 aliphatic heterocycles. The summed E-state index contributed by atoms with van der Waals surface area (Å²) in [7, 11) is 9.37. The van der Waals surface area contributed by atoms with Crippen molar-refractivity contribution in [2.75, 3.05) is 119 Å². The van der Waals surface area contributed by atoms with Gasteiger partial charge >= 0.3 is 0 Å². The van der Waals surface area contributed by atoms with Crippen molar-refractivity contribution in [3.8, 4) is 0 Å². The Bertz CT molecular complexity index is 926. The minimum atomic E-state index is 0.370. The zero-order valence-electron chi connectivity index (χ0n) is 25.8. The number of nitrogens with zero attached hydrogens (tertiary/aromatic N) is 3. The van der Waals surface area contributed by atoms with Gasteiger partial charge in [-0.15, -0.1) is 5.10 Å². The Kier molecular flexibility index (Phi) is 22.6. The Hall–Kier alpha value is -2.14. The van der Waals surface area contributed by atoms with Crippen LogP contribution in [-0.4, -0.2) is 136 Å². The van der Waals surface area contributed by atoms with Crippen molar-refractivity contribution in [3.05, 3.63) is 41.2 Å². The zero-order chi connectivity index (χ0) is 30.6. The fraction of sp³-hybridized carbons (Fsp3) is 0.724. The first-order valence-corrected chi connectivity index (χ1v) is 14.8. The van der Waals surface area contributed by atoms with Gasteiger partial charge in [0.1, 0.15) is 5.69 Å². The van der Waals surface area contributed by atoms with Crippen molar-refractivity contribution < 1.29 is 42.6 Å². The largest absolute Gasteiger partial charge is 0.388 e. The second-order valence-corrected chi connectivity index (χ2v) is 9.18. The van der Waals surface area contributed by atoms with Crippen LogP contribution in [0, 0.1) is 0 Å². The SMILES string of the molecule is [B]Cc1ccc(NC)cc1COCc1cn(CCOCCOCCOCCOCCOCCOCCOCCOC)nn1. The van der Waals surface area contributed by atoms with Gasteiger partial charge in [-0.05, 0) is 17.7 Å². The number of rotatable bonds is 30. The fourth-order valence-corrected chi connectivity index (χ4v) is 3.62. The predicted molar refractivity (Wildman–Crippen MR) is 162 cm³/mol. The first-order chi connectivity index (χ1) is 21.3. The Balaban J connectivity index is 1.32. The lowest BCUT2D eigenvalue weighted by Gasteiger charge is -2.10. The molecule has 0 aliphatic rings. The molecule has 0 spiro atoms. The highest BCUT2D eigenvalue weighted by Gasteiger charge is 2.05. The van der Waals surface area contributed by atoms with Gasteiger partial charge < -0.3 is 47.9 Å². The molecule has 43 heavy (non-hydrogen) atoms. The number of aromatic nitrogens is 3. The summed E-state index contributed by atoms with van der Waals surface area (Å²) in [5.41, 5.74) is 3.91. The van der Waals surface area contributed by atoms with Crippen LogP contribution >= 0.6 is 0 Å². The highest BCUT2D eigenvalue weighted by Crippen LogP contribution is 2.17. The molecule has 1 aromatic heterocycles. The van der Waals surface area contributed by atoms with E-state index < -0.39 is 0 Å². The molecule has 0 unspecified atom stereocenters. The number of nitrogens with one attached hydrogen (secondary N) is 1. The molecule has 1 aromatic carbocycles. The lowest BCUT2D eigenvalue weighted by molar-refractivity contribution is -0.0223. The average Bonchev–Trinajstić information content (AvgIpc) is 3.48. The third kappa shape index (κ3) is 19.0. The second-order valence-electron chi connectivity index (χ2n) is 9.18. The van der Waals surface area contributed by atoms with E-state index in [-0.39, 0.29) is 0 Å². The molecule has 0 aliphatic carbocycles. The maximum absolute atomic E-state index is 5.84. The Morgan fingerprint density at radius 2 is 1.16 bits per heavy atom. The number of hydrogen-bond donors (Lipinski definition) is 1. The Morgan fingerprint density at radius 1 is 0.651 bits per heavy atom. The van der Waals surface area contributed by atoms with Crippen LogP contribution in [-0.2, 0) is 68.7 Å². The molecule has 0 bridgehead atoms. The number of benzene rings is 1. The summed E-state index contributed by atoms with van der Waals surface area (Å²) in [4.78, 5) is 0. The summed E-state index contributed by atoms with van der Waals surface area (Å²) in [5, 5.41) is 11.4. The Morgan fingerprint density at radius 3 is 1.65 bits per heavy atom. The van der Waals surface area contributed by atoms with Gasteiger partial charge in [0.2, 0.25) is 0 Å². The molecular weight excluding hydrogens is 559 g/mol. The maximum atomic E-state index is 5.84. The van der Waals surface area contributed by atoms with Crippen LogP contribution in [0.4, 0.5) is 5.69 Å². The van der Waals surface area contributed by atoms with Crippen molar-refractivity contribution >= 4 is 13.5 Å². The fourth-order valence-electron chi connectivity index (χ4n) is 3.62. The van der Waals surface area contributed by atoms with Gasteiger partial charge in [-0.2, -0.15) is 0 Å². The van der Waals surface area contributed by atoms with E-state index in [0.29, 0.717) is 125 Å². The molecule has 2 aromatic rings. The van der Waals surface area contributed by atoms with Crippen LogP contribution in [0.15, 0.2) is 24.4 Å². The monoisotopic (exact) mass is 608 g/mol. The molecule has 1 heterocycles. The Labute approximate surface area is 257 Å². The molecule has 242 valence electrons. The number of hydrogen-bond acceptors (Lipinski definition) is 12. The van der Waals surface area contributed by atoms with Crippen molar-refractivity contribution in [3.63, 3.8) is 0 Å². The molecular formula is C29H49BN4O9. The molecule has 2 radical (unpaired) electrons. The molecule has 2 rings (SSSR count). The molecule has 0 amide bonds. The van der Waals surface area contributed by atoms with E-state index in [9.17, 15) is 0 Å². The molecule has 0 atom stereocenters. The normalized spacial score (nSPS) is 11.4. The highest BCUT2D eigenvalue weighted by molar-refractivity contribution is 6.08. The minimum absolute atomic E-state index is 0.370. The van der Waals surface area contributed by atoms with E-state index in [1.807, 2.05) is 31.4 Å². The average molecular weight is 609 g/mol. The second kappa shape index (κ2) is 26.3. The van der Waals surface area contributed by atoms with E-state index in [0.717, 1.165) is 22.5 Å². The number of anilines is 1. The summed E-state index contributed by atoms with van der Waals surface area (Å²) in [6.07, 6.45) is 2.33. The lowest BCUT2D eigenvalue weighted by Crippen LogP contribution is -2.15. The van der Waals surface area contributed by atoms with Crippen LogP contribution in [0.25, 0.3) is 0 Å². The summed E-state index contributed by atoms with van der Waals surface area (Å²) in [6.45, 7) is 9.34. The van der Waals surface area contributed by atoms with Crippen molar-refractivity contribution in [2.45, 2.75) is 26.1 Å². The lowest BCUT2D eigenvalue weighted by atomic mass is 9.93. The van der Waals surface area contributed by atoms with E-state index in [4.69, 9.17) is 50.5 Å². The zero-order valence-corrected chi connectivity index (χ0v) is 25.8. The molecule has 1 N–H and O–H groups in total. The molecule has 13 nitrogen and oxygen atoms in total. The minimum Gasteiger partial charge on any atom is -0.388 e. The first-order valence-electron chi connectivity index (χ1n) is 14.8. The van der Waals surface area contributed by atoms with Crippen LogP contribution in [0.3, 0.4) is 0 Å². The molecule has 0 fully saturated rings. The van der Waals surface area contributed by atoms with Crippen LogP contribution < -0.4 is 5.32 Å². The standard InChI is InChI=1S/C29H49BN4O9/c1-31-28-4-3-26(22-30)27(21-28)24-43-25-29-23-34(33-32-29)5-6-36-9-10-38-13-14-40-17-18-42-20-19-41-16-15-39-12-11-37-8-7-35-2/h3-4,21,23,31H,5-20,22,24-25H2,1-2H3. The highest BCUT2D eigenvalue weighted by atomic mass is 16.6. The smallest absolute Gasteiger partial charge is 0.108 e. The van der Waals surface area contributed by atoms with E-state index in [2.05, 4.69) is 15.6 Å². The van der Waals surface area contributed by atoms with Gasteiger partial charge in [0, 0.05) is 19.8 Å². The summed E-state index contributed by atoms with van der Waals surface area (Å²) in [6, 6.07) is 6.07. The van der Waals surface area contributed by atoms with E-state index in [1.165, 1.54) is 0 Å². The van der Waals surface area contributed by atoms with Crippen molar-refractivity contribution in [2.24, 2.45) is 0 Å². The first kappa shape index (κ1) is 37.1. The van der Waals surface area contributed by atoms with Gasteiger partial charge in [0.25, 0.3) is 0 Å². The molecule has 0 saturated carbocycles. The number of methoxy groups -OCH3 is 1. The van der Waals surface area contributed by atoms with Gasteiger partial charge in [-0.1, -0.05) is 23.2 Å².